The maximum Gasteiger partial charge on any atom is 0.298 e. The van der Waals surface area contributed by atoms with Crippen LogP contribution < -0.4 is 0 Å². The highest BCUT2D eigenvalue weighted by Gasteiger charge is 2.28. The van der Waals surface area contributed by atoms with Gasteiger partial charge >= 0.3 is 0 Å². The van der Waals surface area contributed by atoms with Crippen molar-refractivity contribution in [2.45, 2.75) is 4.90 Å². The fourth-order valence-electron chi connectivity index (χ4n) is 1.19. The molecule has 1 aromatic carbocycles. The van der Waals surface area contributed by atoms with Gasteiger partial charge in [-0.15, -0.1) is 0 Å². The van der Waals surface area contributed by atoms with E-state index >= 15 is 0 Å². The fourth-order valence-corrected chi connectivity index (χ4v) is 2.19. The van der Waals surface area contributed by atoms with Gasteiger partial charge in [0.2, 0.25) is 0 Å². The molecule has 0 aliphatic carbocycles. The molecule has 88 valence electrons. The number of hydrogen-bond donors (Lipinski definition) is 0. The summed E-state index contributed by atoms with van der Waals surface area (Å²) in [4.78, 5) is 19.6. The lowest BCUT2D eigenvalue weighted by Gasteiger charge is -2.02. The van der Waals surface area contributed by atoms with Crippen LogP contribution in [0.5, 0.6) is 0 Å². The molecule has 0 aliphatic heterocycles. The van der Waals surface area contributed by atoms with Gasteiger partial charge in [0, 0.05) is 10.7 Å². The molecular weight excluding hydrogens is 272 g/mol. The molecule has 0 fully saturated rings. The van der Waals surface area contributed by atoms with E-state index in [4.69, 9.17) is 15.9 Å². The van der Waals surface area contributed by atoms with E-state index in [1.54, 1.807) is 0 Å². The maximum absolute atomic E-state index is 11.1. The number of carbonyl (C=O) groups is 1. The number of hydrogen-bond acceptors (Lipinski definition) is 6. The van der Waals surface area contributed by atoms with Crippen LogP contribution in [0.1, 0.15) is 15.9 Å². The van der Waals surface area contributed by atoms with Crippen molar-refractivity contribution in [1.29, 1.82) is 5.26 Å². The predicted octanol–water partition coefficient (Wildman–Crippen LogP) is 1.21. The summed E-state index contributed by atoms with van der Waals surface area (Å²) >= 11 is 0. The largest absolute Gasteiger partial charge is 0.298 e. The Kier molecular flexibility index (Phi) is 3.45. The second-order valence-electron chi connectivity index (χ2n) is 2.80. The highest BCUT2D eigenvalue weighted by molar-refractivity contribution is 8.13. The van der Waals surface area contributed by atoms with Crippen LogP contribution in [0.4, 0.5) is 5.69 Å². The predicted molar refractivity (Wildman–Crippen MR) is 56.2 cm³/mol. The summed E-state index contributed by atoms with van der Waals surface area (Å²) in [5.74, 6) is 0. The first-order valence-electron chi connectivity index (χ1n) is 3.94. The van der Waals surface area contributed by atoms with E-state index in [0.29, 0.717) is 0 Å². The lowest BCUT2D eigenvalue weighted by atomic mass is 10.1. The summed E-state index contributed by atoms with van der Waals surface area (Å²) in [6.45, 7) is 0. The van der Waals surface area contributed by atoms with Crippen molar-refractivity contribution >= 4 is 31.7 Å². The van der Waals surface area contributed by atoms with E-state index in [1.165, 1.54) is 6.07 Å². The number of rotatable bonds is 3. The minimum absolute atomic E-state index is 0.156. The Morgan fingerprint density at radius 2 is 2.06 bits per heavy atom. The highest BCUT2D eigenvalue weighted by Crippen LogP contribution is 2.30. The van der Waals surface area contributed by atoms with Crippen molar-refractivity contribution in [2.24, 2.45) is 0 Å². The molecule has 0 saturated heterocycles. The zero-order valence-electron chi connectivity index (χ0n) is 7.95. The molecule has 0 saturated carbocycles. The number of carbonyl (C=O) groups excluding carboxylic acids is 1. The monoisotopic (exact) mass is 274 g/mol. The Morgan fingerprint density at radius 1 is 1.47 bits per heavy atom. The average Bonchev–Trinajstić information content (AvgIpc) is 2.25. The molecule has 7 nitrogen and oxygen atoms in total. The van der Waals surface area contributed by atoms with Crippen LogP contribution >= 0.6 is 10.7 Å². The summed E-state index contributed by atoms with van der Waals surface area (Å²) in [5, 5.41) is 19.4. The lowest BCUT2D eigenvalue weighted by molar-refractivity contribution is -0.385. The molecule has 0 aliphatic rings. The van der Waals surface area contributed by atoms with Crippen molar-refractivity contribution in [3.05, 3.63) is 33.4 Å². The molecule has 0 heterocycles. The molecule has 1 rings (SSSR count). The van der Waals surface area contributed by atoms with Gasteiger partial charge < -0.3 is 0 Å². The second kappa shape index (κ2) is 4.48. The standard InChI is InChI=1S/C8H3ClN2O5S/c9-17(15,16)7-2-1-5(4-12)8(11(13)14)6(7)3-10/h1-2,4H. The van der Waals surface area contributed by atoms with Gasteiger partial charge in [-0.3, -0.25) is 14.9 Å². The van der Waals surface area contributed by atoms with Gasteiger partial charge in [-0.05, 0) is 12.1 Å². The Morgan fingerprint density at radius 3 is 2.41 bits per heavy atom. The number of aldehydes is 1. The smallest absolute Gasteiger partial charge is 0.298 e. The molecular formula is C8H3ClN2O5S. The highest BCUT2D eigenvalue weighted by atomic mass is 35.7. The number of nitriles is 1. The van der Waals surface area contributed by atoms with Gasteiger partial charge in [0.1, 0.15) is 11.0 Å². The second-order valence-corrected chi connectivity index (χ2v) is 5.34. The third kappa shape index (κ3) is 2.41. The first kappa shape index (κ1) is 13.1. The van der Waals surface area contributed by atoms with Crippen LogP contribution in [0.25, 0.3) is 0 Å². The summed E-state index contributed by atoms with van der Waals surface area (Å²) in [7, 11) is 0.728. The van der Waals surface area contributed by atoms with Crippen molar-refractivity contribution in [3.63, 3.8) is 0 Å². The van der Waals surface area contributed by atoms with Crippen LogP contribution in [-0.4, -0.2) is 19.6 Å². The molecule has 0 amide bonds. The van der Waals surface area contributed by atoms with Gasteiger partial charge in [-0.2, -0.15) is 5.26 Å². The lowest BCUT2D eigenvalue weighted by Crippen LogP contribution is -2.03. The van der Waals surface area contributed by atoms with Crippen molar-refractivity contribution in [2.75, 3.05) is 0 Å². The summed E-state index contributed by atoms with van der Waals surface area (Å²) in [6, 6.07) is 3.15. The van der Waals surface area contributed by atoms with E-state index < -0.39 is 35.7 Å². The summed E-state index contributed by atoms with van der Waals surface area (Å²) < 4.78 is 22.2. The van der Waals surface area contributed by atoms with E-state index in [0.717, 1.165) is 12.1 Å². The third-order valence-electron chi connectivity index (χ3n) is 1.85. The number of halogens is 1. The Balaban J connectivity index is 3.85. The quantitative estimate of drug-likeness (QED) is 0.354. The first-order chi connectivity index (χ1) is 7.82. The van der Waals surface area contributed by atoms with Crippen LogP contribution in [0, 0.1) is 21.4 Å². The van der Waals surface area contributed by atoms with Crippen molar-refractivity contribution < 1.29 is 18.1 Å². The molecule has 1 aromatic rings. The minimum Gasteiger partial charge on any atom is -0.298 e. The maximum atomic E-state index is 11.1. The zero-order chi connectivity index (χ0) is 13.2. The summed E-state index contributed by atoms with van der Waals surface area (Å²) in [5.41, 5.74) is -2.02. The minimum atomic E-state index is -4.30. The van der Waals surface area contributed by atoms with Crippen LogP contribution in [0.3, 0.4) is 0 Å². The zero-order valence-corrected chi connectivity index (χ0v) is 9.53. The van der Waals surface area contributed by atoms with Gasteiger partial charge in [0.05, 0.1) is 10.5 Å². The van der Waals surface area contributed by atoms with Crippen molar-refractivity contribution in [3.8, 4) is 6.07 Å². The number of benzene rings is 1. The summed E-state index contributed by atoms with van der Waals surface area (Å²) in [6.07, 6.45) is 0.156. The Hall–Kier alpha value is -1.98. The number of nitro groups is 1. The normalized spacial score (nSPS) is 10.6. The molecule has 0 radical (unpaired) electrons. The van der Waals surface area contributed by atoms with Crippen LogP contribution in [0.15, 0.2) is 17.0 Å². The van der Waals surface area contributed by atoms with Crippen molar-refractivity contribution in [1.82, 2.24) is 0 Å². The molecule has 9 heteroatoms. The van der Waals surface area contributed by atoms with E-state index in [1.807, 2.05) is 0 Å². The topological polar surface area (TPSA) is 118 Å². The Labute approximate surface area is 99.8 Å². The fraction of sp³-hybridized carbons (Fsp3) is 0. The molecule has 0 aromatic heterocycles. The molecule has 0 atom stereocenters. The van der Waals surface area contributed by atoms with E-state index in [9.17, 15) is 23.3 Å². The van der Waals surface area contributed by atoms with E-state index in [2.05, 4.69) is 0 Å². The molecule has 17 heavy (non-hydrogen) atoms. The molecule has 0 N–H and O–H groups in total. The van der Waals surface area contributed by atoms with Gasteiger partial charge in [-0.1, -0.05) is 0 Å². The SMILES string of the molecule is N#Cc1c(S(=O)(=O)Cl)ccc(C=O)c1[N+](=O)[O-]. The molecule has 0 spiro atoms. The third-order valence-corrected chi connectivity index (χ3v) is 3.22. The number of nitrogens with zero attached hydrogens (tertiary/aromatic N) is 2. The van der Waals surface area contributed by atoms with Gasteiger partial charge in [-0.25, -0.2) is 8.42 Å². The number of nitro benzene ring substituents is 1. The van der Waals surface area contributed by atoms with Gasteiger partial charge in [0.25, 0.3) is 14.7 Å². The Bertz CT molecular complexity index is 647. The van der Waals surface area contributed by atoms with E-state index in [-0.39, 0.29) is 6.29 Å². The molecule has 0 bridgehead atoms. The van der Waals surface area contributed by atoms with Gasteiger partial charge in [0.15, 0.2) is 11.8 Å². The molecule has 0 unspecified atom stereocenters. The first-order valence-corrected chi connectivity index (χ1v) is 6.25. The van der Waals surface area contributed by atoms with Crippen LogP contribution in [-0.2, 0) is 9.05 Å². The average molecular weight is 275 g/mol. The van der Waals surface area contributed by atoms with Crippen LogP contribution in [0.2, 0.25) is 0 Å².